The van der Waals surface area contributed by atoms with Crippen molar-refractivity contribution in [3.05, 3.63) is 0 Å². The molecule has 1 amide bonds. The third kappa shape index (κ3) is 5.38. The average molecular weight is 254 g/mol. The van der Waals surface area contributed by atoms with Crippen molar-refractivity contribution in [1.82, 2.24) is 10.2 Å². The zero-order chi connectivity index (χ0) is 13.5. The lowest BCUT2D eigenvalue weighted by Gasteiger charge is -2.28. The lowest BCUT2D eigenvalue weighted by molar-refractivity contribution is -0.132. The molecule has 0 aromatic rings. The van der Waals surface area contributed by atoms with Crippen LogP contribution in [0.1, 0.15) is 52.9 Å². The van der Waals surface area contributed by atoms with Crippen molar-refractivity contribution < 1.29 is 4.79 Å². The summed E-state index contributed by atoms with van der Waals surface area (Å²) in [4.78, 5) is 14.1. The third-order valence-corrected chi connectivity index (χ3v) is 4.03. The van der Waals surface area contributed by atoms with Crippen LogP contribution in [0.2, 0.25) is 0 Å². The smallest absolute Gasteiger partial charge is 0.222 e. The van der Waals surface area contributed by atoms with Crippen LogP contribution < -0.4 is 5.32 Å². The standard InChI is InChI=1S/C15H30N2O/c1-12(2)10-13(3)17(4)15(18)8-7-14-6-5-9-16-11-14/h12-14,16H,5-11H2,1-4H3. The van der Waals surface area contributed by atoms with Crippen molar-refractivity contribution in [1.29, 1.82) is 0 Å². The Labute approximate surface area is 112 Å². The van der Waals surface area contributed by atoms with Crippen LogP contribution in [-0.4, -0.2) is 37.0 Å². The van der Waals surface area contributed by atoms with E-state index in [4.69, 9.17) is 0 Å². The maximum atomic E-state index is 12.1. The minimum absolute atomic E-state index is 0.314. The molecule has 18 heavy (non-hydrogen) atoms. The topological polar surface area (TPSA) is 32.3 Å². The molecular weight excluding hydrogens is 224 g/mol. The maximum absolute atomic E-state index is 12.1. The van der Waals surface area contributed by atoms with E-state index in [0.29, 0.717) is 30.2 Å². The number of piperidine rings is 1. The highest BCUT2D eigenvalue weighted by atomic mass is 16.2. The van der Waals surface area contributed by atoms with Crippen molar-refractivity contribution in [2.24, 2.45) is 11.8 Å². The number of nitrogens with one attached hydrogen (secondary N) is 1. The van der Waals surface area contributed by atoms with Crippen LogP contribution in [0, 0.1) is 11.8 Å². The van der Waals surface area contributed by atoms with E-state index in [1.165, 1.54) is 12.8 Å². The van der Waals surface area contributed by atoms with Crippen LogP contribution in [0.3, 0.4) is 0 Å². The molecule has 2 unspecified atom stereocenters. The monoisotopic (exact) mass is 254 g/mol. The molecule has 3 nitrogen and oxygen atoms in total. The molecule has 0 aromatic carbocycles. The number of hydrogen-bond donors (Lipinski definition) is 1. The Morgan fingerprint density at radius 1 is 1.39 bits per heavy atom. The van der Waals surface area contributed by atoms with Gasteiger partial charge in [-0.1, -0.05) is 13.8 Å². The zero-order valence-corrected chi connectivity index (χ0v) is 12.5. The van der Waals surface area contributed by atoms with E-state index in [9.17, 15) is 4.79 Å². The van der Waals surface area contributed by atoms with Gasteiger partial charge in [0.25, 0.3) is 0 Å². The molecule has 106 valence electrons. The van der Waals surface area contributed by atoms with Crippen molar-refractivity contribution >= 4 is 5.91 Å². The molecule has 2 atom stereocenters. The second kappa shape index (κ2) is 7.78. The molecule has 1 heterocycles. The molecule has 0 bridgehead atoms. The highest BCUT2D eigenvalue weighted by Crippen LogP contribution is 2.17. The van der Waals surface area contributed by atoms with E-state index in [-0.39, 0.29) is 0 Å². The van der Waals surface area contributed by atoms with Crippen LogP contribution in [0.15, 0.2) is 0 Å². The van der Waals surface area contributed by atoms with Gasteiger partial charge in [-0.2, -0.15) is 0 Å². The van der Waals surface area contributed by atoms with Gasteiger partial charge in [-0.15, -0.1) is 0 Å². The number of amides is 1. The summed E-state index contributed by atoms with van der Waals surface area (Å²) in [6.07, 6.45) is 5.40. The van der Waals surface area contributed by atoms with Crippen molar-refractivity contribution in [2.75, 3.05) is 20.1 Å². The predicted molar refractivity (Wildman–Crippen MR) is 76.5 cm³/mol. The van der Waals surface area contributed by atoms with Gasteiger partial charge in [0.2, 0.25) is 5.91 Å². The Bertz CT molecular complexity index is 247. The summed E-state index contributed by atoms with van der Waals surface area (Å²) < 4.78 is 0. The minimum Gasteiger partial charge on any atom is -0.343 e. The fraction of sp³-hybridized carbons (Fsp3) is 0.933. The molecule has 1 rings (SSSR count). The van der Waals surface area contributed by atoms with Crippen molar-refractivity contribution in [2.45, 2.75) is 58.9 Å². The zero-order valence-electron chi connectivity index (χ0n) is 12.5. The molecule has 0 spiro atoms. The number of carbonyl (C=O) groups is 1. The average Bonchev–Trinajstić information content (AvgIpc) is 2.35. The van der Waals surface area contributed by atoms with Gasteiger partial charge in [-0.3, -0.25) is 4.79 Å². The van der Waals surface area contributed by atoms with Gasteiger partial charge in [0, 0.05) is 19.5 Å². The molecule has 1 N–H and O–H groups in total. The van der Waals surface area contributed by atoms with E-state index < -0.39 is 0 Å². The predicted octanol–water partition coefficient (Wildman–Crippen LogP) is 2.66. The molecule has 0 saturated carbocycles. The van der Waals surface area contributed by atoms with Crippen LogP contribution in [-0.2, 0) is 4.79 Å². The summed E-state index contributed by atoms with van der Waals surface area (Å²) in [6, 6.07) is 0.363. The maximum Gasteiger partial charge on any atom is 0.222 e. The first-order valence-electron chi connectivity index (χ1n) is 7.47. The number of rotatable bonds is 6. The first kappa shape index (κ1) is 15.5. The summed E-state index contributed by atoms with van der Waals surface area (Å²) in [5.74, 6) is 1.67. The Morgan fingerprint density at radius 3 is 2.67 bits per heavy atom. The highest BCUT2D eigenvalue weighted by Gasteiger charge is 2.19. The summed E-state index contributed by atoms with van der Waals surface area (Å²) in [6.45, 7) is 8.82. The van der Waals surface area contributed by atoms with Gasteiger partial charge in [0.05, 0.1) is 0 Å². The van der Waals surface area contributed by atoms with Gasteiger partial charge in [-0.05, 0) is 57.5 Å². The molecule has 0 aromatic heterocycles. The van der Waals surface area contributed by atoms with E-state index in [1.54, 1.807) is 0 Å². The van der Waals surface area contributed by atoms with Gasteiger partial charge >= 0.3 is 0 Å². The van der Waals surface area contributed by atoms with Crippen LogP contribution in [0.5, 0.6) is 0 Å². The third-order valence-electron chi connectivity index (χ3n) is 4.03. The fourth-order valence-corrected chi connectivity index (χ4v) is 2.76. The first-order chi connectivity index (χ1) is 8.50. The Morgan fingerprint density at radius 2 is 2.11 bits per heavy atom. The molecular formula is C15H30N2O. The van der Waals surface area contributed by atoms with Crippen molar-refractivity contribution in [3.63, 3.8) is 0 Å². The van der Waals surface area contributed by atoms with Gasteiger partial charge in [-0.25, -0.2) is 0 Å². The van der Waals surface area contributed by atoms with Gasteiger partial charge in [0.15, 0.2) is 0 Å². The molecule has 1 saturated heterocycles. The summed E-state index contributed by atoms with van der Waals surface area (Å²) in [5, 5.41) is 3.41. The molecule has 1 fully saturated rings. The number of carbonyl (C=O) groups excluding carboxylic acids is 1. The van der Waals surface area contributed by atoms with E-state index in [0.717, 1.165) is 25.9 Å². The molecule has 0 aliphatic carbocycles. The SMILES string of the molecule is CC(C)CC(C)N(C)C(=O)CCC1CCCNC1. The summed E-state index contributed by atoms with van der Waals surface area (Å²) in [5.41, 5.74) is 0. The molecule has 0 radical (unpaired) electrons. The quantitative estimate of drug-likeness (QED) is 0.790. The summed E-state index contributed by atoms with van der Waals surface area (Å²) in [7, 11) is 1.95. The van der Waals surface area contributed by atoms with Crippen LogP contribution >= 0.6 is 0 Å². The van der Waals surface area contributed by atoms with Gasteiger partial charge in [0.1, 0.15) is 0 Å². The molecule has 1 aliphatic heterocycles. The fourth-order valence-electron chi connectivity index (χ4n) is 2.76. The number of nitrogens with zero attached hydrogens (tertiary/aromatic N) is 1. The number of hydrogen-bond acceptors (Lipinski definition) is 2. The lowest BCUT2D eigenvalue weighted by Crippen LogP contribution is -2.36. The molecule has 1 aliphatic rings. The van der Waals surface area contributed by atoms with E-state index in [2.05, 4.69) is 26.1 Å². The molecule has 3 heteroatoms. The van der Waals surface area contributed by atoms with Crippen molar-refractivity contribution in [3.8, 4) is 0 Å². The minimum atomic E-state index is 0.314. The normalized spacial score (nSPS) is 21.9. The Kier molecular flexibility index (Phi) is 6.69. The first-order valence-corrected chi connectivity index (χ1v) is 7.47. The lowest BCUT2D eigenvalue weighted by atomic mass is 9.94. The van der Waals surface area contributed by atoms with Gasteiger partial charge < -0.3 is 10.2 Å². The Balaban J connectivity index is 2.26. The van der Waals surface area contributed by atoms with Crippen LogP contribution in [0.25, 0.3) is 0 Å². The highest BCUT2D eigenvalue weighted by molar-refractivity contribution is 5.76. The largest absolute Gasteiger partial charge is 0.343 e. The summed E-state index contributed by atoms with van der Waals surface area (Å²) >= 11 is 0. The Hall–Kier alpha value is -0.570. The van der Waals surface area contributed by atoms with Crippen LogP contribution in [0.4, 0.5) is 0 Å². The second-order valence-electron chi connectivity index (χ2n) is 6.23. The second-order valence-corrected chi connectivity index (χ2v) is 6.23. The van der Waals surface area contributed by atoms with E-state index >= 15 is 0 Å². The van der Waals surface area contributed by atoms with E-state index in [1.807, 2.05) is 11.9 Å².